The molecule has 0 saturated carbocycles. The van der Waals surface area contributed by atoms with Gasteiger partial charge in [-0.3, -0.25) is 0 Å². The summed E-state index contributed by atoms with van der Waals surface area (Å²) in [7, 11) is -2.13. The molecule has 5 nitrogen and oxygen atoms in total. The van der Waals surface area contributed by atoms with Crippen LogP contribution in [0.2, 0.25) is 0 Å². The molecule has 2 aromatic rings. The second-order valence-electron chi connectivity index (χ2n) is 4.43. The molecule has 1 heterocycles. The van der Waals surface area contributed by atoms with E-state index in [-0.39, 0.29) is 4.90 Å². The zero-order valence-electron chi connectivity index (χ0n) is 11.4. The summed E-state index contributed by atoms with van der Waals surface area (Å²) in [5, 5.41) is 0. The van der Waals surface area contributed by atoms with E-state index in [1.165, 1.54) is 7.11 Å². The van der Waals surface area contributed by atoms with Crippen LogP contribution in [0.25, 0.3) is 0 Å². The second-order valence-corrected chi connectivity index (χ2v) is 6.17. The Morgan fingerprint density at radius 2 is 2.10 bits per heavy atom. The van der Waals surface area contributed by atoms with Gasteiger partial charge in [-0.15, -0.1) is 0 Å². The van der Waals surface area contributed by atoms with Gasteiger partial charge in [-0.1, -0.05) is 6.07 Å². The number of benzene rings is 1. The first-order valence-corrected chi connectivity index (χ1v) is 7.66. The zero-order chi connectivity index (χ0) is 14.6. The van der Waals surface area contributed by atoms with E-state index in [1.807, 2.05) is 19.1 Å². The minimum Gasteiger partial charge on any atom is -0.495 e. The third-order valence-electron chi connectivity index (χ3n) is 2.89. The fourth-order valence-electron chi connectivity index (χ4n) is 1.84. The first-order chi connectivity index (χ1) is 9.53. The van der Waals surface area contributed by atoms with Gasteiger partial charge in [0.1, 0.15) is 10.6 Å². The fourth-order valence-corrected chi connectivity index (χ4v) is 3.12. The molecule has 0 spiro atoms. The average molecular weight is 295 g/mol. The van der Waals surface area contributed by atoms with Crippen molar-refractivity contribution in [2.75, 3.05) is 13.7 Å². The van der Waals surface area contributed by atoms with Crippen molar-refractivity contribution < 1.29 is 17.6 Å². The lowest BCUT2D eigenvalue weighted by molar-refractivity contribution is 0.402. The van der Waals surface area contributed by atoms with Crippen LogP contribution in [0.3, 0.4) is 0 Å². The maximum Gasteiger partial charge on any atom is 0.244 e. The van der Waals surface area contributed by atoms with Crippen LogP contribution in [0.1, 0.15) is 11.1 Å². The number of nitrogens with one attached hydrogen (secondary N) is 1. The molecule has 0 amide bonds. The van der Waals surface area contributed by atoms with E-state index >= 15 is 0 Å². The fraction of sp³-hybridized carbons (Fsp3) is 0.286. The summed E-state index contributed by atoms with van der Waals surface area (Å²) in [5.74, 6) is 0.339. The lowest BCUT2D eigenvalue weighted by Crippen LogP contribution is -2.26. The largest absolute Gasteiger partial charge is 0.495 e. The quantitative estimate of drug-likeness (QED) is 0.886. The maximum absolute atomic E-state index is 12.3. The van der Waals surface area contributed by atoms with E-state index in [4.69, 9.17) is 9.15 Å². The number of hydrogen-bond donors (Lipinski definition) is 1. The van der Waals surface area contributed by atoms with Crippen molar-refractivity contribution in [2.45, 2.75) is 18.2 Å². The van der Waals surface area contributed by atoms with Crippen molar-refractivity contribution in [3.8, 4) is 5.75 Å². The van der Waals surface area contributed by atoms with Crippen LogP contribution in [-0.2, 0) is 16.4 Å². The number of rotatable bonds is 6. The van der Waals surface area contributed by atoms with E-state index in [1.54, 1.807) is 24.7 Å². The molecule has 0 bridgehead atoms. The van der Waals surface area contributed by atoms with Crippen LogP contribution in [0.5, 0.6) is 5.75 Å². The standard InChI is InChI=1S/C14H17NO4S/c1-11-3-4-13(18-2)14(9-11)20(16,17)15-7-5-12-6-8-19-10-12/h3-4,6,8-10,15H,5,7H2,1-2H3. The second kappa shape index (κ2) is 6.11. The average Bonchev–Trinajstić information content (AvgIpc) is 2.91. The van der Waals surface area contributed by atoms with Gasteiger partial charge >= 0.3 is 0 Å². The highest BCUT2D eigenvalue weighted by molar-refractivity contribution is 7.89. The van der Waals surface area contributed by atoms with Gasteiger partial charge in [0, 0.05) is 6.54 Å². The zero-order valence-corrected chi connectivity index (χ0v) is 12.2. The van der Waals surface area contributed by atoms with Gasteiger partial charge in [-0.25, -0.2) is 13.1 Å². The Morgan fingerprint density at radius 1 is 1.30 bits per heavy atom. The van der Waals surface area contributed by atoms with E-state index in [0.29, 0.717) is 18.7 Å². The predicted molar refractivity (Wildman–Crippen MR) is 75.3 cm³/mol. The number of hydrogen-bond acceptors (Lipinski definition) is 4. The molecule has 0 radical (unpaired) electrons. The predicted octanol–water partition coefficient (Wildman–Crippen LogP) is 2.12. The van der Waals surface area contributed by atoms with E-state index in [0.717, 1.165) is 11.1 Å². The third-order valence-corrected chi connectivity index (χ3v) is 4.38. The van der Waals surface area contributed by atoms with Crippen molar-refractivity contribution in [3.63, 3.8) is 0 Å². The van der Waals surface area contributed by atoms with E-state index < -0.39 is 10.0 Å². The van der Waals surface area contributed by atoms with Crippen LogP contribution in [0, 0.1) is 6.92 Å². The topological polar surface area (TPSA) is 68.5 Å². The smallest absolute Gasteiger partial charge is 0.244 e. The molecular weight excluding hydrogens is 278 g/mol. The first kappa shape index (κ1) is 14.6. The summed E-state index contributed by atoms with van der Waals surface area (Å²) in [6, 6.07) is 6.86. The van der Waals surface area contributed by atoms with Crippen LogP contribution in [-0.4, -0.2) is 22.1 Å². The van der Waals surface area contributed by atoms with Gasteiger partial charge < -0.3 is 9.15 Å². The molecule has 0 aliphatic rings. The molecule has 0 aliphatic heterocycles. The summed E-state index contributed by atoms with van der Waals surface area (Å²) in [6.07, 6.45) is 3.73. The van der Waals surface area contributed by atoms with Crippen molar-refractivity contribution in [2.24, 2.45) is 0 Å². The van der Waals surface area contributed by atoms with E-state index in [9.17, 15) is 8.42 Å². The third kappa shape index (κ3) is 3.40. The van der Waals surface area contributed by atoms with Gasteiger partial charge in [0.15, 0.2) is 0 Å². The van der Waals surface area contributed by atoms with E-state index in [2.05, 4.69) is 4.72 Å². The minimum absolute atomic E-state index is 0.159. The molecule has 108 valence electrons. The first-order valence-electron chi connectivity index (χ1n) is 6.18. The Bertz CT molecular complexity index is 662. The number of sulfonamides is 1. The summed E-state index contributed by atoms with van der Waals surface area (Å²) in [5.41, 5.74) is 1.81. The molecule has 0 unspecified atom stereocenters. The van der Waals surface area contributed by atoms with Gasteiger partial charge in [-0.05, 0) is 42.7 Å². The number of furan rings is 1. The summed E-state index contributed by atoms with van der Waals surface area (Å²) in [6.45, 7) is 2.14. The molecule has 0 aliphatic carbocycles. The number of aryl methyl sites for hydroxylation is 1. The van der Waals surface area contributed by atoms with Gasteiger partial charge in [0.25, 0.3) is 0 Å². The van der Waals surface area contributed by atoms with Gasteiger partial charge in [0.05, 0.1) is 19.6 Å². The molecule has 2 rings (SSSR count). The van der Waals surface area contributed by atoms with Crippen molar-refractivity contribution in [1.82, 2.24) is 4.72 Å². The molecule has 1 aromatic carbocycles. The van der Waals surface area contributed by atoms with Crippen LogP contribution in [0.4, 0.5) is 0 Å². The van der Waals surface area contributed by atoms with Crippen molar-refractivity contribution in [3.05, 3.63) is 47.9 Å². The molecule has 1 aromatic heterocycles. The highest BCUT2D eigenvalue weighted by atomic mass is 32.2. The Labute approximate surface area is 118 Å². The Balaban J connectivity index is 2.11. The Morgan fingerprint density at radius 3 is 2.75 bits per heavy atom. The number of ether oxygens (including phenoxy) is 1. The molecule has 6 heteroatoms. The van der Waals surface area contributed by atoms with Crippen LogP contribution >= 0.6 is 0 Å². The highest BCUT2D eigenvalue weighted by Gasteiger charge is 2.19. The molecule has 0 saturated heterocycles. The molecule has 0 atom stereocenters. The molecule has 1 N–H and O–H groups in total. The van der Waals surface area contributed by atoms with Crippen molar-refractivity contribution >= 4 is 10.0 Å². The SMILES string of the molecule is COc1ccc(C)cc1S(=O)(=O)NCCc1ccoc1. The highest BCUT2D eigenvalue weighted by Crippen LogP contribution is 2.24. The summed E-state index contributed by atoms with van der Waals surface area (Å²) in [4.78, 5) is 0.159. The Hall–Kier alpha value is -1.79. The van der Waals surface area contributed by atoms with Crippen LogP contribution in [0.15, 0.2) is 46.1 Å². The monoisotopic (exact) mass is 295 g/mol. The van der Waals surface area contributed by atoms with Gasteiger partial charge in [0.2, 0.25) is 10.0 Å². The van der Waals surface area contributed by atoms with Crippen molar-refractivity contribution in [1.29, 1.82) is 0 Å². The lowest BCUT2D eigenvalue weighted by Gasteiger charge is -2.11. The molecule has 20 heavy (non-hydrogen) atoms. The van der Waals surface area contributed by atoms with Gasteiger partial charge in [-0.2, -0.15) is 0 Å². The Kier molecular flexibility index (Phi) is 4.46. The normalized spacial score (nSPS) is 11.5. The maximum atomic E-state index is 12.3. The molecular formula is C14H17NO4S. The summed E-state index contributed by atoms with van der Waals surface area (Å²) >= 11 is 0. The summed E-state index contributed by atoms with van der Waals surface area (Å²) < 4.78 is 37.2. The minimum atomic E-state index is -3.58. The molecule has 0 fully saturated rings. The number of methoxy groups -OCH3 is 1. The lowest BCUT2D eigenvalue weighted by atomic mass is 10.2. The van der Waals surface area contributed by atoms with Crippen LogP contribution < -0.4 is 9.46 Å².